The van der Waals surface area contributed by atoms with Crippen molar-refractivity contribution in [1.82, 2.24) is 14.7 Å². The summed E-state index contributed by atoms with van der Waals surface area (Å²) in [6.07, 6.45) is 4.15. The molecular weight excluding hydrogens is 354 g/mol. The number of nitrogens with one attached hydrogen (secondary N) is 1. The second-order valence-corrected chi connectivity index (χ2v) is 7.22. The predicted octanol–water partition coefficient (Wildman–Crippen LogP) is 3.15. The molecule has 1 aliphatic rings. The highest BCUT2D eigenvalue weighted by Crippen LogP contribution is 2.32. The summed E-state index contributed by atoms with van der Waals surface area (Å²) in [5.74, 6) is 1.74. The zero-order valence-corrected chi connectivity index (χ0v) is 16.5. The van der Waals surface area contributed by atoms with Gasteiger partial charge >= 0.3 is 0 Å². The molecule has 4 rings (SSSR count). The number of aryl methyl sites for hydroxylation is 1. The number of rotatable bonds is 4. The lowest BCUT2D eigenvalue weighted by molar-refractivity contribution is 0.355. The Hall–Kier alpha value is -2.86. The largest absolute Gasteiger partial charge is 0.493 e. The summed E-state index contributed by atoms with van der Waals surface area (Å²) < 4.78 is 12.4. The molecule has 1 fully saturated rings. The van der Waals surface area contributed by atoms with Crippen molar-refractivity contribution in [2.45, 2.75) is 25.7 Å². The molecule has 1 aromatic carbocycles. The van der Waals surface area contributed by atoms with Gasteiger partial charge in [0.2, 0.25) is 0 Å². The number of nitrogens with zero attached hydrogens (tertiary/aromatic N) is 2. The Kier molecular flexibility index (Phi) is 5.05. The van der Waals surface area contributed by atoms with E-state index in [1.165, 1.54) is 5.56 Å². The molecule has 1 aliphatic heterocycles. The fraction of sp³-hybridized carbons (Fsp3) is 0.364. The van der Waals surface area contributed by atoms with Gasteiger partial charge in [-0.1, -0.05) is 6.07 Å². The van der Waals surface area contributed by atoms with Crippen LogP contribution in [0.1, 0.15) is 29.9 Å². The first-order chi connectivity index (χ1) is 13.6. The van der Waals surface area contributed by atoms with Crippen molar-refractivity contribution in [2.24, 2.45) is 0 Å². The number of aromatic nitrogens is 2. The van der Waals surface area contributed by atoms with Gasteiger partial charge in [0.15, 0.2) is 11.5 Å². The highest BCUT2D eigenvalue weighted by Gasteiger charge is 2.18. The average Bonchev–Trinajstić information content (AvgIpc) is 2.74. The minimum Gasteiger partial charge on any atom is -0.493 e. The van der Waals surface area contributed by atoms with E-state index in [1.807, 2.05) is 31.3 Å². The lowest BCUT2D eigenvalue weighted by atomic mass is 9.90. The van der Waals surface area contributed by atoms with Crippen LogP contribution in [0.15, 0.2) is 41.3 Å². The predicted molar refractivity (Wildman–Crippen MR) is 110 cm³/mol. The Morgan fingerprint density at radius 3 is 2.54 bits per heavy atom. The monoisotopic (exact) mass is 379 g/mol. The number of pyridine rings is 1. The molecule has 1 saturated heterocycles. The minimum absolute atomic E-state index is 0.0753. The fourth-order valence-electron chi connectivity index (χ4n) is 3.92. The third-order valence-corrected chi connectivity index (χ3v) is 5.46. The van der Waals surface area contributed by atoms with Gasteiger partial charge < -0.3 is 14.8 Å². The van der Waals surface area contributed by atoms with Gasteiger partial charge in [-0.2, -0.15) is 0 Å². The van der Waals surface area contributed by atoms with Crippen LogP contribution < -0.4 is 20.3 Å². The Labute approximate surface area is 164 Å². The third-order valence-electron chi connectivity index (χ3n) is 5.46. The Balaban J connectivity index is 1.80. The molecule has 2 aromatic heterocycles. The van der Waals surface area contributed by atoms with E-state index in [2.05, 4.69) is 11.4 Å². The first-order valence-corrected chi connectivity index (χ1v) is 9.58. The molecule has 0 radical (unpaired) electrons. The molecule has 6 heteroatoms. The second kappa shape index (κ2) is 7.64. The highest BCUT2D eigenvalue weighted by atomic mass is 16.5. The van der Waals surface area contributed by atoms with E-state index < -0.39 is 0 Å². The number of fused-ring (bicyclic) bond motifs is 1. The maximum atomic E-state index is 12.9. The van der Waals surface area contributed by atoms with Crippen LogP contribution in [0, 0.1) is 6.92 Å². The zero-order chi connectivity index (χ0) is 19.7. The molecule has 146 valence electrons. The number of hydrogen-bond acceptors (Lipinski definition) is 5. The van der Waals surface area contributed by atoms with Crippen molar-refractivity contribution < 1.29 is 9.47 Å². The van der Waals surface area contributed by atoms with Gasteiger partial charge in [0.05, 0.1) is 19.9 Å². The standard InChI is InChI=1S/C22H25N3O3/c1-14-10-17(15-6-8-23-9-7-15)13-25-21(26)12-18(24-22(14)25)16-4-5-19(27-2)20(11-16)28-3/h4-5,10-13,15,23H,6-9H2,1-3H3. The Morgan fingerprint density at radius 1 is 1.07 bits per heavy atom. The third kappa shape index (κ3) is 3.36. The van der Waals surface area contributed by atoms with Crippen molar-refractivity contribution in [3.05, 3.63) is 58.0 Å². The SMILES string of the molecule is COc1ccc(-c2cc(=O)n3cc(C4CCNCC4)cc(C)c3n2)cc1OC. The normalized spacial score (nSPS) is 15.0. The van der Waals surface area contributed by atoms with Crippen LogP contribution in [0.25, 0.3) is 16.9 Å². The zero-order valence-electron chi connectivity index (χ0n) is 16.5. The van der Waals surface area contributed by atoms with E-state index in [9.17, 15) is 4.79 Å². The van der Waals surface area contributed by atoms with Gasteiger partial charge in [-0.3, -0.25) is 9.20 Å². The summed E-state index contributed by atoms with van der Waals surface area (Å²) in [5, 5.41) is 3.39. The molecule has 28 heavy (non-hydrogen) atoms. The van der Waals surface area contributed by atoms with E-state index in [0.717, 1.165) is 37.1 Å². The van der Waals surface area contributed by atoms with Crippen LogP contribution in [0.4, 0.5) is 0 Å². The number of benzene rings is 1. The van der Waals surface area contributed by atoms with E-state index in [4.69, 9.17) is 14.5 Å². The molecule has 0 saturated carbocycles. The van der Waals surface area contributed by atoms with Gasteiger partial charge in [-0.25, -0.2) is 4.98 Å². The lowest BCUT2D eigenvalue weighted by Gasteiger charge is -2.23. The summed E-state index contributed by atoms with van der Waals surface area (Å²) >= 11 is 0. The molecule has 0 atom stereocenters. The van der Waals surface area contributed by atoms with Crippen molar-refractivity contribution >= 4 is 5.65 Å². The van der Waals surface area contributed by atoms with Gasteiger partial charge in [0.25, 0.3) is 5.56 Å². The molecule has 6 nitrogen and oxygen atoms in total. The average molecular weight is 379 g/mol. The molecular formula is C22H25N3O3. The van der Waals surface area contributed by atoms with Gasteiger partial charge in [0.1, 0.15) is 5.65 Å². The number of piperidine rings is 1. The summed E-state index contributed by atoms with van der Waals surface area (Å²) in [6, 6.07) is 9.31. The van der Waals surface area contributed by atoms with Crippen molar-refractivity contribution in [3.8, 4) is 22.8 Å². The van der Waals surface area contributed by atoms with Crippen LogP contribution in [-0.2, 0) is 0 Å². The first-order valence-electron chi connectivity index (χ1n) is 9.58. The number of methoxy groups -OCH3 is 2. The smallest absolute Gasteiger partial charge is 0.258 e. The highest BCUT2D eigenvalue weighted by molar-refractivity contribution is 5.66. The Morgan fingerprint density at radius 2 is 1.82 bits per heavy atom. The van der Waals surface area contributed by atoms with Crippen LogP contribution in [-0.4, -0.2) is 36.7 Å². The summed E-state index contributed by atoms with van der Waals surface area (Å²) in [6.45, 7) is 4.06. The van der Waals surface area contributed by atoms with E-state index >= 15 is 0 Å². The van der Waals surface area contributed by atoms with Gasteiger partial charge in [0, 0.05) is 17.8 Å². The molecule has 1 N–H and O–H groups in total. The topological polar surface area (TPSA) is 64.9 Å². The van der Waals surface area contributed by atoms with Gasteiger partial charge in [-0.05, 0) is 68.1 Å². The first kappa shape index (κ1) is 18.5. The van der Waals surface area contributed by atoms with E-state index in [0.29, 0.717) is 28.8 Å². The van der Waals surface area contributed by atoms with E-state index in [1.54, 1.807) is 24.7 Å². The summed E-state index contributed by atoms with van der Waals surface area (Å²) in [4.78, 5) is 17.7. The molecule has 0 bridgehead atoms. The van der Waals surface area contributed by atoms with Gasteiger partial charge in [-0.15, -0.1) is 0 Å². The molecule has 0 spiro atoms. The maximum absolute atomic E-state index is 12.9. The summed E-state index contributed by atoms with van der Waals surface area (Å²) in [5.41, 5.74) is 4.29. The summed E-state index contributed by atoms with van der Waals surface area (Å²) in [7, 11) is 3.19. The number of ether oxygens (including phenoxy) is 2. The molecule has 0 amide bonds. The van der Waals surface area contributed by atoms with E-state index in [-0.39, 0.29) is 5.56 Å². The molecule has 0 aliphatic carbocycles. The fourth-order valence-corrected chi connectivity index (χ4v) is 3.92. The maximum Gasteiger partial charge on any atom is 0.258 e. The van der Waals surface area contributed by atoms with Crippen LogP contribution in [0.3, 0.4) is 0 Å². The molecule has 0 unspecified atom stereocenters. The van der Waals surface area contributed by atoms with Crippen LogP contribution in [0.2, 0.25) is 0 Å². The number of hydrogen-bond donors (Lipinski definition) is 1. The van der Waals surface area contributed by atoms with Crippen molar-refractivity contribution in [3.63, 3.8) is 0 Å². The van der Waals surface area contributed by atoms with Crippen LogP contribution >= 0.6 is 0 Å². The minimum atomic E-state index is -0.0753. The second-order valence-electron chi connectivity index (χ2n) is 7.22. The Bertz CT molecular complexity index is 1070. The van der Waals surface area contributed by atoms with Crippen molar-refractivity contribution in [2.75, 3.05) is 27.3 Å². The lowest BCUT2D eigenvalue weighted by Crippen LogP contribution is -2.27. The quantitative estimate of drug-likeness (QED) is 0.754. The van der Waals surface area contributed by atoms with Crippen LogP contribution in [0.5, 0.6) is 11.5 Å². The molecule has 3 heterocycles. The molecule has 3 aromatic rings. The van der Waals surface area contributed by atoms with Crippen molar-refractivity contribution in [1.29, 1.82) is 0 Å².